The Morgan fingerprint density at radius 3 is 2.45 bits per heavy atom. The molecule has 1 aliphatic heterocycles. The van der Waals surface area contributed by atoms with Crippen molar-refractivity contribution in [3.05, 3.63) is 29.8 Å². The van der Waals surface area contributed by atoms with Gasteiger partial charge in [-0.1, -0.05) is 26.0 Å². The molecule has 1 heterocycles. The van der Waals surface area contributed by atoms with Crippen LogP contribution in [0.3, 0.4) is 0 Å². The highest BCUT2D eigenvalue weighted by Gasteiger charge is 2.38. The second-order valence-electron chi connectivity index (χ2n) is 7.69. The Hall–Kier alpha value is -2.17. The minimum absolute atomic E-state index is 0.00104. The summed E-state index contributed by atoms with van der Waals surface area (Å²) in [6.45, 7) is 2.92. The molecule has 0 saturated carbocycles. The van der Waals surface area contributed by atoms with Crippen molar-refractivity contribution < 1.29 is 27.9 Å². The summed E-state index contributed by atoms with van der Waals surface area (Å²) in [5, 5.41) is 9.86. The number of rotatable bonds is 8. The molecular weight excluding hydrogens is 398 g/mol. The van der Waals surface area contributed by atoms with Crippen LogP contribution in [-0.4, -0.2) is 80.8 Å². The third kappa shape index (κ3) is 6.15. The number of hydrogen-bond donors (Lipinski definition) is 2. The molecule has 162 valence electrons. The van der Waals surface area contributed by atoms with Gasteiger partial charge in [0.05, 0.1) is 18.4 Å². The number of likely N-dealkylation sites (N-methyl/N-ethyl adjacent to an activating group) is 1. The molecule has 1 aromatic rings. The number of carbonyl (C=O) groups excluding carboxylic acids is 2. The maximum Gasteiger partial charge on any atom is 0.249 e. The van der Waals surface area contributed by atoms with Gasteiger partial charge in [0.1, 0.15) is 19.3 Å². The Morgan fingerprint density at radius 1 is 1.31 bits per heavy atom. The average molecular weight is 428 g/mol. The molecule has 0 unspecified atom stereocenters. The topological polar surface area (TPSA) is 116 Å². The predicted molar refractivity (Wildman–Crippen MR) is 109 cm³/mol. The van der Waals surface area contributed by atoms with Crippen molar-refractivity contribution in [3.8, 4) is 0 Å². The predicted octanol–water partition coefficient (Wildman–Crippen LogP) is 0.433. The molecule has 29 heavy (non-hydrogen) atoms. The summed E-state index contributed by atoms with van der Waals surface area (Å²) < 4.78 is 32.3. The van der Waals surface area contributed by atoms with Crippen LogP contribution >= 0.6 is 0 Å². The lowest BCUT2D eigenvalue weighted by atomic mass is 9.99. The standard InChI is InChI=1S/C19H29N3O6S/c1-13(2)12-29(26,27)20-15-7-5-14(6-8-15)19-16(10-23)22(18(25)11-28-19)9-17(24)21(3)4/h5-8,13,16,19-20,23H,9-12H2,1-4H3/t16-,19-/m1/s1. The van der Waals surface area contributed by atoms with Gasteiger partial charge in [0.2, 0.25) is 21.8 Å². The van der Waals surface area contributed by atoms with Crippen molar-refractivity contribution >= 4 is 27.5 Å². The number of hydrogen-bond acceptors (Lipinski definition) is 6. The molecule has 1 aliphatic rings. The van der Waals surface area contributed by atoms with Crippen LogP contribution < -0.4 is 4.72 Å². The first-order valence-corrected chi connectivity index (χ1v) is 11.0. The van der Waals surface area contributed by atoms with Gasteiger partial charge in [-0.3, -0.25) is 14.3 Å². The number of nitrogens with one attached hydrogen (secondary N) is 1. The number of morpholine rings is 1. The Morgan fingerprint density at radius 2 is 1.93 bits per heavy atom. The van der Waals surface area contributed by atoms with E-state index in [1.165, 1.54) is 9.80 Å². The lowest BCUT2D eigenvalue weighted by molar-refractivity contribution is -0.164. The maximum absolute atomic E-state index is 12.2. The average Bonchev–Trinajstić information content (AvgIpc) is 2.62. The highest BCUT2D eigenvalue weighted by molar-refractivity contribution is 7.92. The molecule has 9 nitrogen and oxygen atoms in total. The molecule has 2 amide bonds. The van der Waals surface area contributed by atoms with Gasteiger partial charge in [0.25, 0.3) is 0 Å². The Labute approximate surface area is 171 Å². The molecule has 2 N–H and O–H groups in total. The summed E-state index contributed by atoms with van der Waals surface area (Å²) in [5.41, 5.74) is 1.09. The molecule has 0 bridgehead atoms. The third-order valence-electron chi connectivity index (χ3n) is 4.51. The summed E-state index contributed by atoms with van der Waals surface area (Å²) in [6.07, 6.45) is -0.631. The molecule has 0 radical (unpaired) electrons. The highest BCUT2D eigenvalue weighted by atomic mass is 32.2. The Kier molecular flexibility index (Phi) is 7.61. The zero-order valence-corrected chi connectivity index (χ0v) is 18.0. The third-order valence-corrected chi connectivity index (χ3v) is 6.17. The number of benzene rings is 1. The van der Waals surface area contributed by atoms with Crippen LogP contribution in [0.25, 0.3) is 0 Å². The van der Waals surface area contributed by atoms with E-state index in [0.717, 1.165) is 0 Å². The zero-order valence-electron chi connectivity index (χ0n) is 17.2. The van der Waals surface area contributed by atoms with Crippen molar-refractivity contribution in [2.45, 2.75) is 26.0 Å². The first-order valence-electron chi connectivity index (χ1n) is 9.36. The van der Waals surface area contributed by atoms with Gasteiger partial charge in [-0.25, -0.2) is 8.42 Å². The normalized spacial score (nSPS) is 20.1. The van der Waals surface area contributed by atoms with Gasteiger partial charge < -0.3 is 19.6 Å². The number of aliphatic hydroxyl groups is 1. The number of aliphatic hydroxyl groups excluding tert-OH is 1. The molecule has 1 saturated heterocycles. The van der Waals surface area contributed by atoms with Crippen LogP contribution in [0.1, 0.15) is 25.5 Å². The lowest BCUT2D eigenvalue weighted by Crippen LogP contribution is -2.55. The van der Waals surface area contributed by atoms with E-state index in [0.29, 0.717) is 11.3 Å². The van der Waals surface area contributed by atoms with Crippen LogP contribution in [0.2, 0.25) is 0 Å². The number of ether oxygens (including phenoxy) is 1. The van der Waals surface area contributed by atoms with Crippen LogP contribution in [0.5, 0.6) is 0 Å². The van der Waals surface area contributed by atoms with Crippen molar-refractivity contribution in [3.63, 3.8) is 0 Å². The highest BCUT2D eigenvalue weighted by Crippen LogP contribution is 2.30. The molecular formula is C19H29N3O6S. The summed E-state index contributed by atoms with van der Waals surface area (Å²) in [6, 6.07) is 5.86. The van der Waals surface area contributed by atoms with Gasteiger partial charge >= 0.3 is 0 Å². The fourth-order valence-electron chi connectivity index (χ4n) is 3.11. The van der Waals surface area contributed by atoms with E-state index in [2.05, 4.69) is 4.72 Å². The fourth-order valence-corrected chi connectivity index (χ4v) is 4.57. The van der Waals surface area contributed by atoms with E-state index < -0.39 is 22.2 Å². The molecule has 10 heteroatoms. The van der Waals surface area contributed by atoms with E-state index >= 15 is 0 Å². The van der Waals surface area contributed by atoms with Gasteiger partial charge in [0, 0.05) is 19.8 Å². The monoisotopic (exact) mass is 427 g/mol. The first kappa shape index (κ1) is 23.1. The molecule has 0 spiro atoms. The van der Waals surface area contributed by atoms with Gasteiger partial charge in [-0.15, -0.1) is 0 Å². The molecule has 0 aliphatic carbocycles. The quantitative estimate of drug-likeness (QED) is 0.622. The Balaban J connectivity index is 2.18. The molecule has 2 atom stereocenters. The summed E-state index contributed by atoms with van der Waals surface area (Å²) in [5.74, 6) is -0.605. The number of nitrogens with zero attached hydrogens (tertiary/aromatic N) is 2. The van der Waals surface area contributed by atoms with Crippen molar-refractivity contribution in [1.29, 1.82) is 0 Å². The van der Waals surface area contributed by atoms with Gasteiger partial charge in [0.15, 0.2) is 0 Å². The van der Waals surface area contributed by atoms with Crippen molar-refractivity contribution in [2.24, 2.45) is 5.92 Å². The second-order valence-corrected chi connectivity index (χ2v) is 9.46. The Bertz CT molecular complexity index is 823. The van der Waals surface area contributed by atoms with Crippen LogP contribution in [-0.2, 0) is 24.3 Å². The van der Waals surface area contributed by atoms with Crippen molar-refractivity contribution in [2.75, 3.05) is 44.3 Å². The van der Waals surface area contributed by atoms with E-state index in [-0.39, 0.29) is 43.2 Å². The van der Waals surface area contributed by atoms with Crippen LogP contribution in [0.4, 0.5) is 5.69 Å². The smallest absolute Gasteiger partial charge is 0.249 e. The molecule has 1 aromatic carbocycles. The van der Waals surface area contributed by atoms with E-state index in [1.54, 1.807) is 38.4 Å². The zero-order chi connectivity index (χ0) is 21.8. The maximum atomic E-state index is 12.2. The second kappa shape index (κ2) is 9.55. The van der Waals surface area contributed by atoms with Gasteiger partial charge in [-0.2, -0.15) is 0 Å². The fraction of sp³-hybridized carbons (Fsp3) is 0.579. The summed E-state index contributed by atoms with van der Waals surface area (Å²) in [4.78, 5) is 27.0. The van der Waals surface area contributed by atoms with E-state index in [4.69, 9.17) is 4.74 Å². The van der Waals surface area contributed by atoms with Crippen LogP contribution in [0, 0.1) is 5.92 Å². The number of anilines is 1. The van der Waals surface area contributed by atoms with E-state index in [1.807, 2.05) is 13.8 Å². The minimum atomic E-state index is -3.44. The SMILES string of the molecule is CC(C)CS(=O)(=O)Nc1ccc([C@H]2OCC(=O)N(CC(=O)N(C)C)[C@@H]2CO)cc1. The first-order chi connectivity index (χ1) is 13.5. The molecule has 2 rings (SSSR count). The van der Waals surface area contributed by atoms with Crippen molar-refractivity contribution in [1.82, 2.24) is 9.80 Å². The van der Waals surface area contributed by atoms with Crippen LogP contribution in [0.15, 0.2) is 24.3 Å². The molecule has 1 fully saturated rings. The summed E-state index contributed by atoms with van der Waals surface area (Å²) in [7, 11) is -0.251. The summed E-state index contributed by atoms with van der Waals surface area (Å²) >= 11 is 0. The largest absolute Gasteiger partial charge is 0.394 e. The molecule has 0 aromatic heterocycles. The van der Waals surface area contributed by atoms with Gasteiger partial charge in [-0.05, 0) is 23.6 Å². The number of amides is 2. The minimum Gasteiger partial charge on any atom is -0.394 e. The number of sulfonamides is 1. The lowest BCUT2D eigenvalue weighted by Gasteiger charge is -2.40. The van der Waals surface area contributed by atoms with E-state index in [9.17, 15) is 23.1 Å². The number of carbonyl (C=O) groups is 2.